The Balaban J connectivity index is 1.71. The van der Waals surface area contributed by atoms with Crippen molar-refractivity contribution in [2.75, 3.05) is 26.0 Å². The molecule has 0 atom stereocenters. The minimum atomic E-state index is -0.0514. The molecular weight excluding hydrogens is 314 g/mol. The number of rotatable bonds is 8. The molecular formula is C20H25N3O2. The van der Waals surface area contributed by atoms with Gasteiger partial charge in [0.05, 0.1) is 6.54 Å². The summed E-state index contributed by atoms with van der Waals surface area (Å²) in [5.74, 6) is 0.0711. The summed E-state index contributed by atoms with van der Waals surface area (Å²) in [5.41, 5.74) is 3.07. The number of hydrogen-bond acceptors (Lipinski definition) is 3. The normalized spacial score (nSPS) is 10.2. The second-order valence-corrected chi connectivity index (χ2v) is 6.10. The van der Waals surface area contributed by atoms with Gasteiger partial charge >= 0.3 is 0 Å². The van der Waals surface area contributed by atoms with Gasteiger partial charge < -0.3 is 15.5 Å². The number of amides is 2. The molecule has 2 aromatic rings. The molecule has 5 nitrogen and oxygen atoms in total. The van der Waals surface area contributed by atoms with E-state index < -0.39 is 0 Å². The highest BCUT2D eigenvalue weighted by Gasteiger charge is 2.05. The SMILES string of the molecule is CN(C)C(=O)CCc1ccc(NCC(=O)NCc2ccccc2)cc1. The third-order valence-corrected chi connectivity index (χ3v) is 3.87. The summed E-state index contributed by atoms with van der Waals surface area (Å²) < 4.78 is 0. The maximum Gasteiger partial charge on any atom is 0.239 e. The van der Waals surface area contributed by atoms with Gasteiger partial charge in [0.25, 0.3) is 0 Å². The summed E-state index contributed by atoms with van der Waals surface area (Å²) >= 11 is 0. The fraction of sp³-hybridized carbons (Fsp3) is 0.300. The van der Waals surface area contributed by atoms with E-state index in [0.717, 1.165) is 23.2 Å². The summed E-state index contributed by atoms with van der Waals surface area (Å²) in [6.07, 6.45) is 1.22. The standard InChI is InChI=1S/C20H25N3O2/c1-23(2)20(25)13-10-16-8-11-18(12-9-16)21-15-19(24)22-14-17-6-4-3-5-7-17/h3-9,11-12,21H,10,13-15H2,1-2H3,(H,22,24). The molecule has 2 N–H and O–H groups in total. The van der Waals surface area contributed by atoms with Crippen LogP contribution in [-0.2, 0) is 22.6 Å². The first-order valence-electron chi connectivity index (χ1n) is 8.38. The zero-order chi connectivity index (χ0) is 18.1. The van der Waals surface area contributed by atoms with Crippen LogP contribution in [0.2, 0.25) is 0 Å². The lowest BCUT2D eigenvalue weighted by atomic mass is 10.1. The third-order valence-electron chi connectivity index (χ3n) is 3.87. The van der Waals surface area contributed by atoms with Crippen molar-refractivity contribution in [2.45, 2.75) is 19.4 Å². The zero-order valence-electron chi connectivity index (χ0n) is 14.8. The minimum Gasteiger partial charge on any atom is -0.376 e. The van der Waals surface area contributed by atoms with Crippen LogP contribution in [0.15, 0.2) is 54.6 Å². The molecule has 0 unspecified atom stereocenters. The van der Waals surface area contributed by atoms with Crippen LogP contribution in [0.5, 0.6) is 0 Å². The first-order chi connectivity index (χ1) is 12.0. The summed E-state index contributed by atoms with van der Waals surface area (Å²) in [5, 5.41) is 5.98. The molecule has 0 radical (unpaired) electrons. The largest absolute Gasteiger partial charge is 0.376 e. The Kier molecular flexibility index (Phi) is 7.01. The predicted molar refractivity (Wildman–Crippen MR) is 100 cm³/mol. The van der Waals surface area contributed by atoms with Gasteiger partial charge in [-0.05, 0) is 29.7 Å². The van der Waals surface area contributed by atoms with Crippen molar-refractivity contribution >= 4 is 17.5 Å². The number of anilines is 1. The summed E-state index contributed by atoms with van der Waals surface area (Å²) in [6.45, 7) is 0.755. The van der Waals surface area contributed by atoms with E-state index in [9.17, 15) is 9.59 Å². The monoisotopic (exact) mass is 339 g/mol. The maximum atomic E-state index is 11.9. The van der Waals surface area contributed by atoms with Crippen LogP contribution in [-0.4, -0.2) is 37.4 Å². The number of aryl methyl sites for hydroxylation is 1. The number of carbonyl (C=O) groups is 2. The van der Waals surface area contributed by atoms with Crippen molar-refractivity contribution < 1.29 is 9.59 Å². The minimum absolute atomic E-state index is 0.0514. The quantitative estimate of drug-likeness (QED) is 0.776. The van der Waals surface area contributed by atoms with E-state index in [4.69, 9.17) is 0 Å². The van der Waals surface area contributed by atoms with Crippen LogP contribution in [0.4, 0.5) is 5.69 Å². The molecule has 0 aromatic heterocycles. The lowest BCUT2D eigenvalue weighted by Gasteiger charge is -2.11. The van der Waals surface area contributed by atoms with Gasteiger partial charge in [-0.15, -0.1) is 0 Å². The molecule has 5 heteroatoms. The van der Waals surface area contributed by atoms with Crippen molar-refractivity contribution in [3.63, 3.8) is 0 Å². The number of nitrogens with one attached hydrogen (secondary N) is 2. The third kappa shape index (κ3) is 6.67. The summed E-state index contributed by atoms with van der Waals surface area (Å²) in [7, 11) is 3.52. The number of carbonyl (C=O) groups excluding carboxylic acids is 2. The molecule has 132 valence electrons. The van der Waals surface area contributed by atoms with Gasteiger partial charge in [-0.25, -0.2) is 0 Å². The van der Waals surface area contributed by atoms with E-state index in [0.29, 0.717) is 13.0 Å². The molecule has 2 aromatic carbocycles. The fourth-order valence-electron chi connectivity index (χ4n) is 2.31. The van der Waals surface area contributed by atoms with Crippen LogP contribution < -0.4 is 10.6 Å². The van der Waals surface area contributed by atoms with Crippen molar-refractivity contribution in [1.29, 1.82) is 0 Å². The van der Waals surface area contributed by atoms with Gasteiger partial charge in [-0.3, -0.25) is 9.59 Å². The van der Waals surface area contributed by atoms with Crippen LogP contribution >= 0.6 is 0 Å². The van der Waals surface area contributed by atoms with Gasteiger partial charge in [-0.1, -0.05) is 42.5 Å². The van der Waals surface area contributed by atoms with Crippen LogP contribution in [0, 0.1) is 0 Å². The van der Waals surface area contributed by atoms with Gasteiger partial charge in [0.2, 0.25) is 11.8 Å². The van der Waals surface area contributed by atoms with Gasteiger partial charge in [0.1, 0.15) is 0 Å². The van der Waals surface area contributed by atoms with E-state index >= 15 is 0 Å². The highest BCUT2D eigenvalue weighted by Crippen LogP contribution is 2.11. The molecule has 25 heavy (non-hydrogen) atoms. The second-order valence-electron chi connectivity index (χ2n) is 6.10. The van der Waals surface area contributed by atoms with E-state index in [-0.39, 0.29) is 18.4 Å². The Morgan fingerprint density at radius 2 is 1.60 bits per heavy atom. The van der Waals surface area contributed by atoms with Crippen LogP contribution in [0.1, 0.15) is 17.5 Å². The molecule has 0 saturated carbocycles. The average Bonchev–Trinajstić information content (AvgIpc) is 2.64. The number of benzene rings is 2. The van der Waals surface area contributed by atoms with Gasteiger partial charge in [0, 0.05) is 32.7 Å². The number of nitrogens with zero attached hydrogens (tertiary/aromatic N) is 1. The fourth-order valence-corrected chi connectivity index (χ4v) is 2.31. The molecule has 0 saturated heterocycles. The zero-order valence-corrected chi connectivity index (χ0v) is 14.8. The average molecular weight is 339 g/mol. The Morgan fingerprint density at radius 3 is 2.24 bits per heavy atom. The van der Waals surface area contributed by atoms with E-state index in [1.807, 2.05) is 54.6 Å². The maximum absolute atomic E-state index is 11.9. The summed E-state index contributed by atoms with van der Waals surface area (Å²) in [6, 6.07) is 17.6. The molecule has 0 bridgehead atoms. The molecule has 0 heterocycles. The molecule has 2 rings (SSSR count). The lowest BCUT2D eigenvalue weighted by molar-refractivity contribution is -0.128. The Bertz CT molecular complexity index is 682. The summed E-state index contributed by atoms with van der Waals surface area (Å²) in [4.78, 5) is 25.1. The first-order valence-corrected chi connectivity index (χ1v) is 8.38. The van der Waals surface area contributed by atoms with Crippen LogP contribution in [0.3, 0.4) is 0 Å². The molecule has 2 amide bonds. The predicted octanol–water partition coefficient (Wildman–Crippen LogP) is 2.44. The van der Waals surface area contributed by atoms with E-state index in [2.05, 4.69) is 10.6 Å². The molecule has 0 aliphatic rings. The van der Waals surface area contributed by atoms with Gasteiger partial charge in [-0.2, -0.15) is 0 Å². The highest BCUT2D eigenvalue weighted by atomic mass is 16.2. The van der Waals surface area contributed by atoms with E-state index in [1.54, 1.807) is 19.0 Å². The lowest BCUT2D eigenvalue weighted by Crippen LogP contribution is -2.29. The van der Waals surface area contributed by atoms with E-state index in [1.165, 1.54) is 0 Å². The van der Waals surface area contributed by atoms with Crippen molar-refractivity contribution in [3.8, 4) is 0 Å². The smallest absolute Gasteiger partial charge is 0.239 e. The second kappa shape index (κ2) is 9.47. The molecule has 0 fully saturated rings. The van der Waals surface area contributed by atoms with Crippen molar-refractivity contribution in [3.05, 3.63) is 65.7 Å². The molecule has 0 spiro atoms. The Hall–Kier alpha value is -2.82. The molecule has 0 aliphatic carbocycles. The highest BCUT2D eigenvalue weighted by molar-refractivity contribution is 5.80. The molecule has 0 aliphatic heterocycles. The Morgan fingerprint density at radius 1 is 0.920 bits per heavy atom. The van der Waals surface area contributed by atoms with Crippen molar-refractivity contribution in [2.24, 2.45) is 0 Å². The Labute approximate surface area is 149 Å². The van der Waals surface area contributed by atoms with Gasteiger partial charge in [0.15, 0.2) is 0 Å². The van der Waals surface area contributed by atoms with Crippen molar-refractivity contribution in [1.82, 2.24) is 10.2 Å². The first kappa shape index (κ1) is 18.5. The van der Waals surface area contributed by atoms with Crippen LogP contribution in [0.25, 0.3) is 0 Å². The number of hydrogen-bond donors (Lipinski definition) is 2. The topological polar surface area (TPSA) is 61.4 Å².